The van der Waals surface area contributed by atoms with Crippen molar-refractivity contribution < 1.29 is 9.59 Å². The van der Waals surface area contributed by atoms with Crippen LogP contribution in [0.4, 0.5) is 0 Å². The minimum absolute atomic E-state index is 0.185. The summed E-state index contributed by atoms with van der Waals surface area (Å²) in [4.78, 5) is 29.5. The molecule has 202 valence electrons. The Kier molecular flexibility index (Phi) is 21.9. The zero-order chi connectivity index (χ0) is 25.4. The summed E-state index contributed by atoms with van der Waals surface area (Å²) >= 11 is 0.185. The van der Waals surface area contributed by atoms with Gasteiger partial charge in [0.05, 0.1) is 0 Å². The van der Waals surface area contributed by atoms with E-state index >= 15 is 0 Å². The molecule has 0 fully saturated rings. The molecule has 0 saturated carbocycles. The van der Waals surface area contributed by atoms with Crippen molar-refractivity contribution in [2.75, 3.05) is 0 Å². The molecule has 0 spiro atoms. The molecule has 0 aliphatic heterocycles. The zero-order valence-corrected chi connectivity index (χ0v) is 25.1. The van der Waals surface area contributed by atoms with E-state index in [-0.39, 0.29) is 26.1 Å². The Labute approximate surface area is 224 Å². The van der Waals surface area contributed by atoms with E-state index in [1.54, 1.807) is 0 Å². The molecule has 1 rings (SSSR count). The number of rotatable bonds is 26. The summed E-state index contributed by atoms with van der Waals surface area (Å²) in [6, 6.07) is 0. The molecule has 1 heterocycles. The van der Waals surface area contributed by atoms with Crippen LogP contribution >= 0.6 is 0 Å². The third kappa shape index (κ3) is 17.4. The van der Waals surface area contributed by atoms with Crippen molar-refractivity contribution in [1.82, 2.24) is 0 Å². The molecule has 0 atom stereocenters. The first-order chi connectivity index (χ1) is 17.2. The molecule has 1 aromatic rings. The molecule has 2 nitrogen and oxygen atoms in total. The Morgan fingerprint density at radius 2 is 0.714 bits per heavy atom. The molecule has 0 aliphatic carbocycles. The van der Waals surface area contributed by atoms with E-state index in [1.807, 2.05) is 9.88 Å². The first-order valence-corrected chi connectivity index (χ1v) is 17.3. The summed E-state index contributed by atoms with van der Waals surface area (Å²) in [5.41, 5.74) is 1.51. The molecule has 0 aliphatic rings. The van der Waals surface area contributed by atoms with Crippen LogP contribution < -0.4 is 0 Å². The fourth-order valence-electron chi connectivity index (χ4n) is 4.90. The van der Waals surface area contributed by atoms with Crippen molar-refractivity contribution in [2.45, 2.75) is 168 Å². The fraction of sp³-hybridized carbons (Fsp3) is 0.812. The summed E-state index contributed by atoms with van der Waals surface area (Å²) in [7, 11) is 0. The van der Waals surface area contributed by atoms with Gasteiger partial charge in [-0.25, -0.2) is 0 Å². The van der Waals surface area contributed by atoms with Crippen LogP contribution in [0.15, 0.2) is 9.88 Å². The standard InChI is InChI=1S/C32H56O2Se/c1-3-5-7-9-11-13-15-17-19-21-23-25-31(33)29-27-35-28-30(29)32(34)26-24-22-20-18-16-14-12-10-8-6-4-2/h27-28H,3-26H2,1-2H3. The van der Waals surface area contributed by atoms with E-state index in [0.29, 0.717) is 12.8 Å². The van der Waals surface area contributed by atoms with Crippen molar-refractivity contribution >= 4 is 26.1 Å². The van der Waals surface area contributed by atoms with Crippen LogP contribution in [0.3, 0.4) is 0 Å². The Hall–Kier alpha value is -0.661. The number of carbonyl (C=O) groups excluding carboxylic acids is 2. The van der Waals surface area contributed by atoms with Crippen LogP contribution in [0.2, 0.25) is 0 Å². The van der Waals surface area contributed by atoms with Gasteiger partial charge >= 0.3 is 172 Å². The number of carbonyl (C=O) groups is 2. The Bertz CT molecular complexity index is 581. The quantitative estimate of drug-likeness (QED) is 0.0652. The molecule has 0 bridgehead atoms. The normalized spacial score (nSPS) is 11.3. The van der Waals surface area contributed by atoms with Crippen LogP contribution in [-0.4, -0.2) is 26.1 Å². The third-order valence-corrected chi connectivity index (χ3v) is 8.84. The van der Waals surface area contributed by atoms with Gasteiger partial charge < -0.3 is 0 Å². The van der Waals surface area contributed by atoms with E-state index in [2.05, 4.69) is 13.8 Å². The maximum absolute atomic E-state index is 12.7. The number of unbranched alkanes of at least 4 members (excludes halogenated alkanes) is 20. The summed E-state index contributed by atoms with van der Waals surface area (Å²) in [6.45, 7) is 4.54. The molecular formula is C32H56O2Se. The molecule has 0 aromatic carbocycles. The maximum atomic E-state index is 12.7. The minimum atomic E-state index is 0.185. The van der Waals surface area contributed by atoms with Gasteiger partial charge in [0.15, 0.2) is 0 Å². The monoisotopic (exact) mass is 552 g/mol. The number of Topliss-reactive ketones (excluding diaryl/α,β-unsaturated/α-hetero) is 2. The zero-order valence-electron chi connectivity index (χ0n) is 23.4. The SMILES string of the molecule is CCCCCCCCCCCCCC(=O)c1c[se]cc1C(=O)CCCCCCCCCCCCC. The third-order valence-electron chi connectivity index (χ3n) is 7.28. The van der Waals surface area contributed by atoms with Crippen molar-refractivity contribution in [3.8, 4) is 0 Å². The van der Waals surface area contributed by atoms with Crippen LogP contribution in [0, 0.1) is 0 Å². The fourth-order valence-corrected chi connectivity index (χ4v) is 6.70. The molecular weight excluding hydrogens is 495 g/mol. The van der Waals surface area contributed by atoms with Gasteiger partial charge in [-0.3, -0.25) is 0 Å². The summed E-state index contributed by atoms with van der Waals surface area (Å²) in [6.07, 6.45) is 29.7. The number of ketones is 2. The van der Waals surface area contributed by atoms with Gasteiger partial charge in [-0.15, -0.1) is 0 Å². The molecule has 0 unspecified atom stereocenters. The second-order valence-electron chi connectivity index (χ2n) is 10.6. The van der Waals surface area contributed by atoms with Gasteiger partial charge in [0.25, 0.3) is 0 Å². The first-order valence-electron chi connectivity index (χ1n) is 15.3. The Morgan fingerprint density at radius 3 is 1.00 bits per heavy atom. The van der Waals surface area contributed by atoms with Crippen LogP contribution in [-0.2, 0) is 0 Å². The van der Waals surface area contributed by atoms with E-state index in [4.69, 9.17) is 0 Å². The smallest absolute Gasteiger partial charge is 0.0654 e. The summed E-state index contributed by atoms with van der Waals surface area (Å²) in [5.74, 6) is 0.415. The number of hydrogen-bond acceptors (Lipinski definition) is 2. The average molecular weight is 552 g/mol. The van der Waals surface area contributed by atoms with Crippen molar-refractivity contribution in [1.29, 1.82) is 0 Å². The van der Waals surface area contributed by atoms with Gasteiger partial charge in [-0.05, 0) is 0 Å². The van der Waals surface area contributed by atoms with Crippen LogP contribution in [0.25, 0.3) is 0 Å². The van der Waals surface area contributed by atoms with E-state index in [1.165, 1.54) is 116 Å². The average Bonchev–Trinajstić information content (AvgIpc) is 3.36. The number of hydrogen-bond donors (Lipinski definition) is 0. The Balaban J connectivity index is 2.07. The summed E-state index contributed by atoms with van der Waals surface area (Å²) in [5, 5.41) is 0. The van der Waals surface area contributed by atoms with E-state index in [0.717, 1.165) is 36.8 Å². The molecule has 0 N–H and O–H groups in total. The van der Waals surface area contributed by atoms with Crippen LogP contribution in [0.1, 0.15) is 189 Å². The van der Waals surface area contributed by atoms with Crippen LogP contribution in [0.5, 0.6) is 0 Å². The predicted octanol–water partition coefficient (Wildman–Crippen LogP) is 10.5. The second-order valence-corrected chi connectivity index (χ2v) is 12.2. The van der Waals surface area contributed by atoms with Crippen molar-refractivity contribution in [3.05, 3.63) is 21.0 Å². The van der Waals surface area contributed by atoms with Gasteiger partial charge in [0.1, 0.15) is 0 Å². The van der Waals surface area contributed by atoms with Gasteiger partial charge in [-0.2, -0.15) is 0 Å². The van der Waals surface area contributed by atoms with Gasteiger partial charge in [0, 0.05) is 0 Å². The van der Waals surface area contributed by atoms with Crippen molar-refractivity contribution in [2.24, 2.45) is 0 Å². The molecule has 1 aromatic heterocycles. The van der Waals surface area contributed by atoms with Gasteiger partial charge in [0.2, 0.25) is 0 Å². The topological polar surface area (TPSA) is 34.1 Å². The Morgan fingerprint density at radius 1 is 0.457 bits per heavy atom. The minimum Gasteiger partial charge on any atom is -0.0654 e. The van der Waals surface area contributed by atoms with E-state index in [9.17, 15) is 9.59 Å². The second kappa shape index (κ2) is 23.7. The summed E-state index contributed by atoms with van der Waals surface area (Å²) < 4.78 is 0. The molecule has 0 amide bonds. The van der Waals surface area contributed by atoms with Gasteiger partial charge in [-0.1, -0.05) is 52.4 Å². The molecule has 35 heavy (non-hydrogen) atoms. The van der Waals surface area contributed by atoms with E-state index < -0.39 is 0 Å². The predicted molar refractivity (Wildman–Crippen MR) is 154 cm³/mol. The molecule has 0 radical (unpaired) electrons. The first kappa shape index (κ1) is 32.4. The molecule has 0 saturated heterocycles. The molecule has 3 heteroatoms. The van der Waals surface area contributed by atoms with Crippen molar-refractivity contribution in [3.63, 3.8) is 0 Å².